The van der Waals surface area contributed by atoms with E-state index >= 15 is 0 Å². The van der Waals surface area contributed by atoms with Gasteiger partial charge < -0.3 is 10.2 Å². The van der Waals surface area contributed by atoms with Crippen LogP contribution >= 0.6 is 0 Å². The van der Waals surface area contributed by atoms with Crippen LogP contribution < -0.4 is 5.32 Å². The summed E-state index contributed by atoms with van der Waals surface area (Å²) in [6.45, 7) is 4.50. The van der Waals surface area contributed by atoms with Crippen LogP contribution in [-0.2, 0) is 18.3 Å². The molecule has 0 radical (unpaired) electrons. The van der Waals surface area contributed by atoms with Gasteiger partial charge >= 0.3 is 0 Å². The number of carbonyl (C=O) groups excluding carboxylic acids is 1. The van der Waals surface area contributed by atoms with Crippen molar-refractivity contribution in [2.24, 2.45) is 7.05 Å². The van der Waals surface area contributed by atoms with Gasteiger partial charge in [-0.05, 0) is 26.0 Å². The highest BCUT2D eigenvalue weighted by atomic mass is 16.2. The minimum Gasteiger partial charge on any atom is -0.341 e. The van der Waals surface area contributed by atoms with Gasteiger partial charge in [-0.2, -0.15) is 5.10 Å². The first-order valence-corrected chi connectivity index (χ1v) is 6.17. The van der Waals surface area contributed by atoms with Crippen molar-refractivity contribution in [1.82, 2.24) is 20.0 Å². The maximum absolute atomic E-state index is 12.0. The number of aromatic nitrogens is 2. The molecule has 1 unspecified atom stereocenters. The van der Waals surface area contributed by atoms with Gasteiger partial charge in [0.05, 0.1) is 6.04 Å². The van der Waals surface area contributed by atoms with Gasteiger partial charge in [-0.15, -0.1) is 0 Å². The first-order chi connectivity index (χ1) is 8.18. The van der Waals surface area contributed by atoms with Crippen LogP contribution in [0.25, 0.3) is 0 Å². The molecule has 2 rings (SSSR count). The molecule has 1 fully saturated rings. The lowest BCUT2D eigenvalue weighted by Crippen LogP contribution is -2.42. The molecule has 1 saturated heterocycles. The Labute approximate surface area is 102 Å². The second-order valence-electron chi connectivity index (χ2n) is 4.55. The molecule has 0 saturated carbocycles. The lowest BCUT2D eigenvalue weighted by atomic mass is 10.2. The summed E-state index contributed by atoms with van der Waals surface area (Å²) in [4.78, 5) is 14.0. The van der Waals surface area contributed by atoms with Crippen molar-refractivity contribution in [2.45, 2.75) is 25.8 Å². The summed E-state index contributed by atoms with van der Waals surface area (Å²) in [6, 6.07) is 1.95. The van der Waals surface area contributed by atoms with Crippen LogP contribution in [0.4, 0.5) is 0 Å². The van der Waals surface area contributed by atoms with E-state index < -0.39 is 0 Å². The standard InChI is InChI=1S/C12H20N4O/c1-10-12(17)16(8-3-6-13-10)9-5-11-4-7-14-15(11)2/h4,7,10,13H,3,5-6,8-9H2,1-2H3. The Bertz CT molecular complexity index is 388. The van der Waals surface area contributed by atoms with E-state index in [1.54, 1.807) is 6.20 Å². The lowest BCUT2D eigenvalue weighted by molar-refractivity contribution is -0.132. The van der Waals surface area contributed by atoms with Crippen LogP contribution in [0.5, 0.6) is 0 Å². The average Bonchev–Trinajstić information content (AvgIpc) is 2.65. The SMILES string of the molecule is CC1NCCCN(CCc2ccnn2C)C1=O. The minimum atomic E-state index is -0.0518. The zero-order valence-corrected chi connectivity index (χ0v) is 10.5. The van der Waals surface area contributed by atoms with Crippen molar-refractivity contribution in [2.75, 3.05) is 19.6 Å². The monoisotopic (exact) mass is 236 g/mol. The molecule has 1 amide bonds. The Morgan fingerprint density at radius 1 is 1.59 bits per heavy atom. The van der Waals surface area contributed by atoms with Crippen molar-refractivity contribution in [3.8, 4) is 0 Å². The molecular weight excluding hydrogens is 216 g/mol. The third-order valence-corrected chi connectivity index (χ3v) is 3.30. The molecule has 5 nitrogen and oxygen atoms in total. The first-order valence-electron chi connectivity index (χ1n) is 6.17. The smallest absolute Gasteiger partial charge is 0.239 e. The summed E-state index contributed by atoms with van der Waals surface area (Å²) >= 11 is 0. The van der Waals surface area contributed by atoms with Gasteiger partial charge in [-0.3, -0.25) is 9.48 Å². The largest absolute Gasteiger partial charge is 0.341 e. The van der Waals surface area contributed by atoms with E-state index in [-0.39, 0.29) is 11.9 Å². The molecule has 1 aromatic rings. The van der Waals surface area contributed by atoms with Gasteiger partial charge in [0.25, 0.3) is 0 Å². The van der Waals surface area contributed by atoms with E-state index in [2.05, 4.69) is 10.4 Å². The number of nitrogens with one attached hydrogen (secondary N) is 1. The van der Waals surface area contributed by atoms with E-state index in [0.29, 0.717) is 0 Å². The average molecular weight is 236 g/mol. The number of rotatable bonds is 3. The Balaban J connectivity index is 1.93. The van der Waals surface area contributed by atoms with Crippen LogP contribution in [0.15, 0.2) is 12.3 Å². The van der Waals surface area contributed by atoms with Gasteiger partial charge in [0.15, 0.2) is 0 Å². The maximum atomic E-state index is 12.0. The molecule has 1 N–H and O–H groups in total. The Kier molecular flexibility index (Phi) is 3.78. The Hall–Kier alpha value is -1.36. The van der Waals surface area contributed by atoms with Gasteiger partial charge in [-0.1, -0.05) is 0 Å². The van der Waals surface area contributed by atoms with Gasteiger partial charge in [0.2, 0.25) is 5.91 Å². The molecule has 17 heavy (non-hydrogen) atoms. The first kappa shape index (κ1) is 12.1. The van der Waals surface area contributed by atoms with Crippen LogP contribution in [0, 0.1) is 0 Å². The second kappa shape index (κ2) is 5.31. The number of hydrogen-bond acceptors (Lipinski definition) is 3. The lowest BCUT2D eigenvalue weighted by Gasteiger charge is -2.22. The molecule has 1 aliphatic heterocycles. The Morgan fingerprint density at radius 3 is 3.12 bits per heavy atom. The zero-order valence-electron chi connectivity index (χ0n) is 10.5. The maximum Gasteiger partial charge on any atom is 0.239 e. The number of carbonyl (C=O) groups is 1. The highest BCUT2D eigenvalue weighted by molar-refractivity contribution is 5.81. The topological polar surface area (TPSA) is 50.2 Å². The molecular formula is C12H20N4O. The number of hydrogen-bond donors (Lipinski definition) is 1. The number of amides is 1. The van der Waals surface area contributed by atoms with Crippen LogP contribution in [0.1, 0.15) is 19.0 Å². The van der Waals surface area contributed by atoms with E-state index in [9.17, 15) is 4.79 Å². The third-order valence-electron chi connectivity index (χ3n) is 3.30. The number of aryl methyl sites for hydroxylation is 1. The summed E-state index contributed by atoms with van der Waals surface area (Å²) in [5.41, 5.74) is 1.17. The molecule has 1 atom stereocenters. The summed E-state index contributed by atoms with van der Waals surface area (Å²) in [6.07, 6.45) is 3.69. The van der Waals surface area contributed by atoms with E-state index in [1.807, 2.05) is 29.6 Å². The van der Waals surface area contributed by atoms with Crippen molar-refractivity contribution in [3.05, 3.63) is 18.0 Å². The minimum absolute atomic E-state index is 0.0518. The van der Waals surface area contributed by atoms with E-state index in [0.717, 1.165) is 32.5 Å². The molecule has 0 aromatic carbocycles. The predicted octanol–water partition coefficient (Wildman–Crippen LogP) is 0.173. The zero-order chi connectivity index (χ0) is 12.3. The summed E-state index contributed by atoms with van der Waals surface area (Å²) < 4.78 is 1.87. The normalized spacial score (nSPS) is 21.6. The fourth-order valence-corrected chi connectivity index (χ4v) is 2.18. The molecule has 94 valence electrons. The molecule has 0 aliphatic carbocycles. The predicted molar refractivity (Wildman–Crippen MR) is 65.6 cm³/mol. The highest BCUT2D eigenvalue weighted by Crippen LogP contribution is 2.05. The van der Waals surface area contributed by atoms with Crippen molar-refractivity contribution in [3.63, 3.8) is 0 Å². The molecule has 0 bridgehead atoms. The van der Waals surface area contributed by atoms with Crippen molar-refractivity contribution in [1.29, 1.82) is 0 Å². The van der Waals surface area contributed by atoms with Crippen molar-refractivity contribution < 1.29 is 4.79 Å². The molecule has 5 heteroatoms. The van der Waals surface area contributed by atoms with Gasteiger partial charge in [-0.25, -0.2) is 0 Å². The highest BCUT2D eigenvalue weighted by Gasteiger charge is 2.22. The van der Waals surface area contributed by atoms with Crippen LogP contribution in [-0.4, -0.2) is 46.3 Å². The van der Waals surface area contributed by atoms with E-state index in [4.69, 9.17) is 0 Å². The summed E-state index contributed by atoms with van der Waals surface area (Å²) in [5.74, 6) is 0.213. The fraction of sp³-hybridized carbons (Fsp3) is 0.667. The second-order valence-corrected chi connectivity index (χ2v) is 4.55. The van der Waals surface area contributed by atoms with Crippen molar-refractivity contribution >= 4 is 5.91 Å². The molecule has 1 aromatic heterocycles. The third kappa shape index (κ3) is 2.85. The Morgan fingerprint density at radius 2 is 2.41 bits per heavy atom. The van der Waals surface area contributed by atoms with Gasteiger partial charge in [0, 0.05) is 38.4 Å². The fourth-order valence-electron chi connectivity index (χ4n) is 2.18. The molecule has 2 heterocycles. The molecule has 0 spiro atoms. The summed E-state index contributed by atoms with van der Waals surface area (Å²) in [5, 5.41) is 7.35. The summed E-state index contributed by atoms with van der Waals surface area (Å²) in [7, 11) is 1.93. The number of nitrogens with zero attached hydrogens (tertiary/aromatic N) is 3. The van der Waals surface area contributed by atoms with Gasteiger partial charge in [0.1, 0.15) is 0 Å². The van der Waals surface area contributed by atoms with Crippen LogP contribution in [0.2, 0.25) is 0 Å². The van der Waals surface area contributed by atoms with E-state index in [1.165, 1.54) is 5.69 Å². The quantitative estimate of drug-likeness (QED) is 0.814. The molecule has 1 aliphatic rings. The van der Waals surface area contributed by atoms with Crippen LogP contribution in [0.3, 0.4) is 0 Å².